The van der Waals surface area contributed by atoms with Crippen LogP contribution in [-0.4, -0.2) is 29.9 Å². The molecule has 0 aliphatic carbocycles. The number of ether oxygens (including phenoxy) is 1. The van der Waals surface area contributed by atoms with Crippen molar-refractivity contribution < 1.29 is 4.74 Å². The molecule has 0 bridgehead atoms. The Kier molecular flexibility index (Phi) is 5.28. The van der Waals surface area contributed by atoms with Crippen molar-refractivity contribution >= 4 is 44.6 Å². The van der Waals surface area contributed by atoms with Crippen molar-refractivity contribution in [2.24, 2.45) is 0 Å². The largest absolute Gasteiger partial charge is 0.383 e. The molecule has 0 unspecified atom stereocenters. The predicted molar refractivity (Wildman–Crippen MR) is 89.7 cm³/mol. The van der Waals surface area contributed by atoms with Crippen molar-refractivity contribution in [1.82, 2.24) is 10.3 Å². The molecule has 1 atom stereocenters. The second-order valence-corrected chi connectivity index (χ2v) is 6.12. The molecule has 0 aliphatic rings. The molecule has 1 heterocycles. The fraction of sp³-hybridized carbons (Fsp3) is 0.429. The van der Waals surface area contributed by atoms with Gasteiger partial charge in [-0.05, 0) is 43.8 Å². The van der Waals surface area contributed by atoms with Gasteiger partial charge in [-0.2, -0.15) is 0 Å². The Bertz CT molecular complexity index is 597. The smallest absolute Gasteiger partial charge is 0.171 e. The minimum absolute atomic E-state index is 0.179. The zero-order chi connectivity index (χ0) is 14.5. The van der Waals surface area contributed by atoms with Crippen LogP contribution in [0.4, 0.5) is 5.69 Å². The summed E-state index contributed by atoms with van der Waals surface area (Å²) >= 11 is 7.01. The van der Waals surface area contributed by atoms with Gasteiger partial charge >= 0.3 is 0 Å². The van der Waals surface area contributed by atoms with Gasteiger partial charge in [-0.15, -0.1) is 11.3 Å². The van der Waals surface area contributed by atoms with E-state index in [1.807, 2.05) is 19.1 Å². The van der Waals surface area contributed by atoms with Crippen molar-refractivity contribution in [3.63, 3.8) is 0 Å². The van der Waals surface area contributed by atoms with Gasteiger partial charge in [0, 0.05) is 18.8 Å². The second kappa shape index (κ2) is 6.97. The van der Waals surface area contributed by atoms with E-state index in [9.17, 15) is 0 Å². The van der Waals surface area contributed by atoms with Crippen molar-refractivity contribution in [2.45, 2.75) is 26.3 Å². The van der Waals surface area contributed by atoms with Crippen molar-refractivity contribution in [1.29, 1.82) is 0 Å². The maximum absolute atomic E-state index is 5.29. The number of fused-ring (bicyclic) bond motifs is 1. The first kappa shape index (κ1) is 15.2. The summed E-state index contributed by atoms with van der Waals surface area (Å²) in [5.41, 5.74) is 2.02. The lowest BCUT2D eigenvalue weighted by molar-refractivity contribution is 0.179. The molecular weight excluding hydrogens is 290 g/mol. The van der Waals surface area contributed by atoms with Crippen molar-refractivity contribution in [3.05, 3.63) is 23.2 Å². The van der Waals surface area contributed by atoms with Gasteiger partial charge < -0.3 is 15.4 Å². The van der Waals surface area contributed by atoms with Gasteiger partial charge in [0.1, 0.15) is 0 Å². The van der Waals surface area contributed by atoms with E-state index in [1.165, 1.54) is 4.70 Å². The molecular formula is C14H19N3OS2. The number of hydrogen-bond acceptors (Lipinski definition) is 4. The lowest BCUT2D eigenvalue weighted by atomic mass is 10.3. The Morgan fingerprint density at radius 3 is 3.00 bits per heavy atom. The van der Waals surface area contributed by atoms with E-state index in [4.69, 9.17) is 17.0 Å². The number of thiazole rings is 1. The van der Waals surface area contributed by atoms with Gasteiger partial charge in [-0.1, -0.05) is 6.92 Å². The molecule has 0 aliphatic heterocycles. The molecule has 0 saturated heterocycles. The first-order chi connectivity index (χ1) is 9.62. The molecule has 1 aromatic carbocycles. The zero-order valence-corrected chi connectivity index (χ0v) is 13.5. The Morgan fingerprint density at radius 2 is 2.30 bits per heavy atom. The summed E-state index contributed by atoms with van der Waals surface area (Å²) in [6.07, 6.45) is 0.969. The van der Waals surface area contributed by atoms with Gasteiger partial charge in [0.05, 0.1) is 21.8 Å². The summed E-state index contributed by atoms with van der Waals surface area (Å²) in [7, 11) is 1.68. The molecule has 2 aromatic rings. The van der Waals surface area contributed by atoms with Crippen LogP contribution in [0.2, 0.25) is 0 Å². The monoisotopic (exact) mass is 309 g/mol. The van der Waals surface area contributed by atoms with E-state index >= 15 is 0 Å². The van der Waals surface area contributed by atoms with E-state index in [0.717, 1.165) is 22.6 Å². The third kappa shape index (κ3) is 3.88. The topological polar surface area (TPSA) is 46.2 Å². The number of thiocarbonyl (C=S) groups is 1. The van der Waals surface area contributed by atoms with E-state index in [1.54, 1.807) is 18.4 Å². The van der Waals surface area contributed by atoms with Gasteiger partial charge in [0.25, 0.3) is 0 Å². The number of rotatable bonds is 5. The molecule has 6 heteroatoms. The summed E-state index contributed by atoms with van der Waals surface area (Å²) in [5, 5.41) is 8.14. The molecule has 4 nitrogen and oxygen atoms in total. The number of nitrogens with one attached hydrogen (secondary N) is 2. The molecule has 2 rings (SSSR count). The molecule has 1 aromatic heterocycles. The van der Waals surface area contributed by atoms with Gasteiger partial charge in [-0.3, -0.25) is 0 Å². The molecule has 20 heavy (non-hydrogen) atoms. The number of nitrogens with zero attached hydrogens (tertiary/aromatic N) is 1. The third-order valence-corrected chi connectivity index (χ3v) is 4.17. The lowest BCUT2D eigenvalue weighted by Crippen LogP contribution is -2.38. The van der Waals surface area contributed by atoms with Crippen LogP contribution in [0.15, 0.2) is 18.2 Å². The maximum atomic E-state index is 5.29. The molecule has 0 amide bonds. The first-order valence-corrected chi connectivity index (χ1v) is 7.80. The zero-order valence-electron chi connectivity index (χ0n) is 11.9. The normalized spacial score (nSPS) is 12.3. The predicted octanol–water partition coefficient (Wildman–Crippen LogP) is 3.18. The molecule has 0 saturated carbocycles. The van der Waals surface area contributed by atoms with Crippen LogP contribution in [0.1, 0.15) is 18.9 Å². The number of aromatic nitrogens is 1. The van der Waals surface area contributed by atoms with Gasteiger partial charge in [0.2, 0.25) is 0 Å². The van der Waals surface area contributed by atoms with Gasteiger partial charge in [0.15, 0.2) is 5.11 Å². The second-order valence-electron chi connectivity index (χ2n) is 4.60. The molecule has 0 radical (unpaired) electrons. The summed E-state index contributed by atoms with van der Waals surface area (Å²) in [5.74, 6) is 0. The van der Waals surface area contributed by atoms with E-state index in [2.05, 4.69) is 28.6 Å². The van der Waals surface area contributed by atoms with E-state index in [-0.39, 0.29) is 6.04 Å². The van der Waals surface area contributed by atoms with E-state index < -0.39 is 0 Å². The highest BCUT2D eigenvalue weighted by Crippen LogP contribution is 2.25. The summed E-state index contributed by atoms with van der Waals surface area (Å²) in [4.78, 5) is 4.55. The summed E-state index contributed by atoms with van der Waals surface area (Å²) in [6, 6.07) is 6.28. The number of benzene rings is 1. The third-order valence-electron chi connectivity index (χ3n) is 2.79. The van der Waals surface area contributed by atoms with Crippen LogP contribution in [0.5, 0.6) is 0 Å². The quantitative estimate of drug-likeness (QED) is 0.831. The standard InChI is InChI=1S/C14H19N3OS2/c1-4-13-17-11-6-5-10(7-12(11)20-13)16-14(19)15-9(2)8-18-3/h5-7,9H,4,8H2,1-3H3,(H2,15,16,19)/t9-/m0/s1. The number of anilines is 1. The van der Waals surface area contributed by atoms with Crippen LogP contribution < -0.4 is 10.6 Å². The maximum Gasteiger partial charge on any atom is 0.171 e. The van der Waals surface area contributed by atoms with Crippen LogP contribution in [0, 0.1) is 0 Å². The lowest BCUT2D eigenvalue weighted by Gasteiger charge is -2.16. The number of methoxy groups -OCH3 is 1. The number of hydrogen-bond donors (Lipinski definition) is 2. The fourth-order valence-electron chi connectivity index (χ4n) is 1.88. The van der Waals surface area contributed by atoms with Crippen LogP contribution in [0.3, 0.4) is 0 Å². The molecule has 2 N–H and O–H groups in total. The highest BCUT2D eigenvalue weighted by Gasteiger charge is 2.06. The summed E-state index contributed by atoms with van der Waals surface area (Å²) < 4.78 is 6.25. The van der Waals surface area contributed by atoms with Crippen LogP contribution >= 0.6 is 23.6 Å². The average Bonchev–Trinajstić information content (AvgIpc) is 2.80. The van der Waals surface area contributed by atoms with E-state index in [0.29, 0.717) is 11.7 Å². The summed E-state index contributed by atoms with van der Waals surface area (Å²) in [6.45, 7) is 4.76. The van der Waals surface area contributed by atoms with Gasteiger partial charge in [-0.25, -0.2) is 4.98 Å². The Labute approximate surface area is 128 Å². The number of aryl methyl sites for hydroxylation is 1. The van der Waals surface area contributed by atoms with Crippen molar-refractivity contribution in [3.8, 4) is 0 Å². The fourth-order valence-corrected chi connectivity index (χ4v) is 3.15. The highest BCUT2D eigenvalue weighted by molar-refractivity contribution is 7.80. The van der Waals surface area contributed by atoms with Crippen molar-refractivity contribution in [2.75, 3.05) is 19.0 Å². The molecule has 0 fully saturated rings. The highest BCUT2D eigenvalue weighted by atomic mass is 32.1. The molecule has 0 spiro atoms. The molecule has 108 valence electrons. The Balaban J connectivity index is 2.03. The minimum Gasteiger partial charge on any atom is -0.383 e. The SMILES string of the molecule is CCc1nc2ccc(NC(=S)N[C@@H](C)COC)cc2s1. The minimum atomic E-state index is 0.179. The van der Waals surface area contributed by atoms with Crippen LogP contribution in [-0.2, 0) is 11.2 Å². The Hall–Kier alpha value is -1.24. The Morgan fingerprint density at radius 1 is 1.50 bits per heavy atom. The first-order valence-electron chi connectivity index (χ1n) is 6.58. The average molecular weight is 309 g/mol. The van der Waals surface area contributed by atoms with Crippen LogP contribution in [0.25, 0.3) is 10.2 Å².